The second kappa shape index (κ2) is 8.97. The third kappa shape index (κ3) is 4.65. The maximum atomic E-state index is 13.4. The van der Waals surface area contributed by atoms with E-state index in [4.69, 9.17) is 0 Å². The molecule has 10 nitrogen and oxygen atoms in total. The summed E-state index contributed by atoms with van der Waals surface area (Å²) in [6.45, 7) is 0.704. The van der Waals surface area contributed by atoms with Crippen LogP contribution in [-0.2, 0) is 24.7 Å². The first-order valence-corrected chi connectivity index (χ1v) is 14.3. The Morgan fingerprint density at radius 1 is 1.14 bits per heavy atom. The summed E-state index contributed by atoms with van der Waals surface area (Å²) in [6.07, 6.45) is 10.9. The lowest BCUT2D eigenvalue weighted by Gasteiger charge is -2.25. The largest absolute Gasteiger partial charge is 0.352 e. The number of thiophene rings is 1. The highest BCUT2D eigenvalue weighted by molar-refractivity contribution is 7.17. The fourth-order valence-electron chi connectivity index (χ4n) is 5.24. The fourth-order valence-corrected chi connectivity index (χ4v) is 6.48. The zero-order valence-corrected chi connectivity index (χ0v) is 21.8. The average Bonchev–Trinajstić information content (AvgIpc) is 3.79. The Balaban J connectivity index is 1.14. The predicted molar refractivity (Wildman–Crippen MR) is 140 cm³/mol. The van der Waals surface area contributed by atoms with Gasteiger partial charge in [0, 0.05) is 42.4 Å². The van der Waals surface area contributed by atoms with Crippen molar-refractivity contribution < 1.29 is 9.59 Å². The van der Waals surface area contributed by atoms with E-state index in [1.807, 2.05) is 11.7 Å². The number of aromatic nitrogens is 5. The van der Waals surface area contributed by atoms with Crippen molar-refractivity contribution in [3.05, 3.63) is 34.1 Å². The normalized spacial score (nSPS) is 20.9. The quantitative estimate of drug-likeness (QED) is 0.394. The van der Waals surface area contributed by atoms with Crippen LogP contribution in [-0.4, -0.2) is 42.9 Å². The third-order valence-electron chi connectivity index (χ3n) is 8.00. The van der Waals surface area contributed by atoms with Gasteiger partial charge in [-0.25, -0.2) is 0 Å². The molecule has 4 aliphatic rings. The number of amides is 2. The van der Waals surface area contributed by atoms with Crippen molar-refractivity contribution in [2.45, 2.75) is 69.7 Å². The van der Waals surface area contributed by atoms with Crippen molar-refractivity contribution in [3.8, 4) is 0 Å². The lowest BCUT2D eigenvalue weighted by Crippen LogP contribution is -2.28. The maximum absolute atomic E-state index is 13.4. The van der Waals surface area contributed by atoms with E-state index in [-0.39, 0.29) is 23.8 Å². The van der Waals surface area contributed by atoms with Crippen molar-refractivity contribution in [3.63, 3.8) is 0 Å². The molecule has 3 aromatic heterocycles. The van der Waals surface area contributed by atoms with Gasteiger partial charge in [0.1, 0.15) is 17.1 Å². The van der Waals surface area contributed by atoms with Gasteiger partial charge in [-0.2, -0.15) is 5.10 Å². The van der Waals surface area contributed by atoms with Crippen LogP contribution >= 0.6 is 11.3 Å². The van der Waals surface area contributed by atoms with Crippen LogP contribution in [0.25, 0.3) is 0 Å². The molecular weight excluding hydrogens is 488 g/mol. The lowest BCUT2D eigenvalue weighted by atomic mass is 9.91. The number of hydrogen-bond donors (Lipinski definition) is 3. The van der Waals surface area contributed by atoms with Crippen molar-refractivity contribution >= 4 is 39.9 Å². The molecule has 3 aromatic rings. The Morgan fingerprint density at radius 3 is 2.73 bits per heavy atom. The SMILES string of the molecule is Cn1nc(C2CC2)cc1Nc1nncn1[C@H]1CCc2sc(NC(=O)C3CC3)c(C(=O)NCC3CC3)c2C1. The second-order valence-corrected chi connectivity index (χ2v) is 12.2. The van der Waals surface area contributed by atoms with Crippen LogP contribution in [0.15, 0.2) is 12.4 Å². The molecule has 0 saturated heterocycles. The number of fused-ring (bicyclic) bond motifs is 1. The van der Waals surface area contributed by atoms with Crippen molar-refractivity contribution in [1.82, 2.24) is 29.9 Å². The number of hydrogen-bond acceptors (Lipinski definition) is 7. The van der Waals surface area contributed by atoms with Gasteiger partial charge in [0.05, 0.1) is 11.3 Å². The van der Waals surface area contributed by atoms with Gasteiger partial charge in [-0.05, 0) is 69.3 Å². The van der Waals surface area contributed by atoms with Gasteiger partial charge in [-0.1, -0.05) is 0 Å². The molecule has 3 saturated carbocycles. The van der Waals surface area contributed by atoms with Crippen LogP contribution in [0.4, 0.5) is 16.8 Å². The third-order valence-corrected chi connectivity index (χ3v) is 9.20. The van der Waals surface area contributed by atoms with E-state index >= 15 is 0 Å². The van der Waals surface area contributed by atoms with Crippen LogP contribution in [0.5, 0.6) is 0 Å². The smallest absolute Gasteiger partial charge is 0.254 e. The highest BCUT2D eigenvalue weighted by atomic mass is 32.1. The van der Waals surface area contributed by atoms with E-state index in [2.05, 4.69) is 41.9 Å². The summed E-state index contributed by atoms with van der Waals surface area (Å²) in [5.74, 6) is 2.80. The average molecular weight is 521 g/mol. The summed E-state index contributed by atoms with van der Waals surface area (Å²) in [7, 11) is 1.94. The van der Waals surface area contributed by atoms with E-state index in [9.17, 15) is 9.59 Å². The van der Waals surface area contributed by atoms with Gasteiger partial charge in [-0.3, -0.25) is 18.8 Å². The summed E-state index contributed by atoms with van der Waals surface area (Å²) in [4.78, 5) is 27.2. The van der Waals surface area contributed by atoms with Crippen molar-refractivity contribution in [2.75, 3.05) is 17.2 Å². The van der Waals surface area contributed by atoms with Crippen LogP contribution in [0.3, 0.4) is 0 Å². The topological polar surface area (TPSA) is 119 Å². The van der Waals surface area contributed by atoms with Crippen molar-refractivity contribution in [1.29, 1.82) is 0 Å². The van der Waals surface area contributed by atoms with E-state index in [1.54, 1.807) is 17.7 Å². The van der Waals surface area contributed by atoms with Crippen LogP contribution in [0.1, 0.15) is 83.4 Å². The molecule has 7 rings (SSSR count). The molecule has 4 aliphatic carbocycles. The highest BCUT2D eigenvalue weighted by Gasteiger charge is 2.35. The van der Waals surface area contributed by atoms with Gasteiger partial charge in [0.25, 0.3) is 5.91 Å². The molecule has 0 aromatic carbocycles. The number of carbonyl (C=O) groups is 2. The van der Waals surface area contributed by atoms with E-state index in [1.165, 1.54) is 30.6 Å². The molecule has 0 bridgehead atoms. The second-order valence-electron chi connectivity index (χ2n) is 11.1. The minimum Gasteiger partial charge on any atom is -0.352 e. The Morgan fingerprint density at radius 2 is 1.97 bits per heavy atom. The molecule has 3 heterocycles. The maximum Gasteiger partial charge on any atom is 0.254 e. The summed E-state index contributed by atoms with van der Waals surface area (Å²) in [5, 5.41) is 23.6. The minimum absolute atomic E-state index is 0.0402. The molecule has 37 heavy (non-hydrogen) atoms. The first-order chi connectivity index (χ1) is 18.0. The first-order valence-electron chi connectivity index (χ1n) is 13.5. The monoisotopic (exact) mass is 520 g/mol. The summed E-state index contributed by atoms with van der Waals surface area (Å²) < 4.78 is 3.94. The molecule has 11 heteroatoms. The summed E-state index contributed by atoms with van der Waals surface area (Å²) >= 11 is 1.57. The zero-order chi connectivity index (χ0) is 25.1. The van der Waals surface area contributed by atoms with Crippen molar-refractivity contribution in [2.24, 2.45) is 18.9 Å². The van der Waals surface area contributed by atoms with Crippen LogP contribution < -0.4 is 16.0 Å². The number of aryl methyl sites for hydroxylation is 2. The molecule has 3 N–H and O–H groups in total. The number of nitrogens with one attached hydrogen (secondary N) is 3. The Kier molecular flexibility index (Phi) is 5.56. The molecule has 194 valence electrons. The van der Waals surface area contributed by atoms with E-state index in [0.29, 0.717) is 41.3 Å². The predicted octanol–water partition coefficient (Wildman–Crippen LogP) is 3.91. The molecular formula is C26H32N8O2S. The number of anilines is 3. The van der Waals surface area contributed by atoms with Gasteiger partial charge >= 0.3 is 0 Å². The first kappa shape index (κ1) is 22.9. The molecule has 1 atom stereocenters. The van der Waals surface area contributed by atoms with Gasteiger partial charge in [0.2, 0.25) is 11.9 Å². The molecule has 0 aliphatic heterocycles. The Labute approximate surface area is 219 Å². The lowest BCUT2D eigenvalue weighted by molar-refractivity contribution is -0.117. The molecule has 0 unspecified atom stereocenters. The van der Waals surface area contributed by atoms with Crippen LogP contribution in [0.2, 0.25) is 0 Å². The molecule has 0 spiro atoms. The summed E-state index contributed by atoms with van der Waals surface area (Å²) in [5.41, 5.74) is 2.83. The Hall–Kier alpha value is -3.21. The van der Waals surface area contributed by atoms with E-state index in [0.717, 1.165) is 42.8 Å². The van der Waals surface area contributed by atoms with E-state index < -0.39 is 0 Å². The zero-order valence-electron chi connectivity index (χ0n) is 21.0. The summed E-state index contributed by atoms with van der Waals surface area (Å²) in [6, 6.07) is 2.21. The number of rotatable bonds is 9. The van der Waals surface area contributed by atoms with Gasteiger partial charge in [-0.15, -0.1) is 21.5 Å². The molecule has 0 radical (unpaired) electrons. The van der Waals surface area contributed by atoms with Gasteiger partial charge in [0.15, 0.2) is 0 Å². The van der Waals surface area contributed by atoms with Crippen LogP contribution in [0, 0.1) is 11.8 Å². The number of carbonyl (C=O) groups excluding carboxylic acids is 2. The van der Waals surface area contributed by atoms with Gasteiger partial charge < -0.3 is 16.0 Å². The fraction of sp³-hybridized carbons (Fsp3) is 0.577. The highest BCUT2D eigenvalue weighted by Crippen LogP contribution is 2.43. The number of nitrogens with zero attached hydrogens (tertiary/aromatic N) is 5. The molecule has 3 fully saturated rings. The molecule has 2 amide bonds. The Bertz CT molecular complexity index is 1360. The minimum atomic E-state index is -0.0688. The standard InChI is InChI=1S/C26H32N8O2S/c1-33-21(11-19(32-33)15-4-5-15)29-26-31-28-13-34(26)17-8-9-20-18(10-17)22(24(36)27-12-14-2-3-14)25(37-20)30-23(35)16-6-7-16/h11,13-17H,2-10,12H2,1H3,(H,27,36)(H,29,31)(H,30,35)/t17-/m0/s1.